The lowest BCUT2D eigenvalue weighted by molar-refractivity contribution is 0.670. The Kier molecular flexibility index (Phi) is 7.53. The number of hydrogen-bond donors (Lipinski definition) is 0. The summed E-state index contributed by atoms with van der Waals surface area (Å²) in [6.07, 6.45) is 0. The van der Waals surface area contributed by atoms with E-state index in [0.717, 1.165) is 50.1 Å². The molecule has 0 atom stereocenters. The molecule has 236 valence electrons. The molecule has 0 aliphatic rings. The second-order valence-electron chi connectivity index (χ2n) is 12.6. The van der Waals surface area contributed by atoms with E-state index in [1.54, 1.807) is 0 Å². The maximum absolute atomic E-state index is 6.34. The van der Waals surface area contributed by atoms with Crippen LogP contribution in [0, 0.1) is 0 Å². The Balaban J connectivity index is 0.991. The number of furan rings is 1. The average Bonchev–Trinajstić information content (AvgIpc) is 3.59. The van der Waals surface area contributed by atoms with Gasteiger partial charge in [0, 0.05) is 33.4 Å². The molecule has 0 saturated heterocycles. The normalized spacial score (nSPS) is 11.2. The van der Waals surface area contributed by atoms with Gasteiger partial charge in [0.1, 0.15) is 11.2 Å². The molecule has 0 aliphatic carbocycles. The molecule has 0 spiro atoms. The largest absolute Gasteiger partial charge is 0.455 e. The fraction of sp³-hybridized carbons (Fsp3) is 0. The van der Waals surface area contributed by atoms with Gasteiger partial charge in [-0.3, -0.25) is 0 Å². The summed E-state index contributed by atoms with van der Waals surface area (Å²) in [7, 11) is 0. The first-order chi connectivity index (χ1) is 24.8. The number of fused-ring (bicyclic) bond motifs is 3. The van der Waals surface area contributed by atoms with E-state index in [1.807, 2.05) is 12.1 Å². The molecular weight excluding hydrogens is 607 g/mol. The highest BCUT2D eigenvalue weighted by Crippen LogP contribution is 2.39. The molecule has 50 heavy (non-hydrogen) atoms. The highest BCUT2D eigenvalue weighted by Gasteiger charge is 2.15. The van der Waals surface area contributed by atoms with Crippen LogP contribution >= 0.6 is 0 Å². The van der Waals surface area contributed by atoms with E-state index in [-0.39, 0.29) is 0 Å². The van der Waals surface area contributed by atoms with Crippen molar-refractivity contribution in [2.45, 2.75) is 0 Å². The minimum atomic E-state index is 0.912. The average molecular weight is 640 g/mol. The van der Waals surface area contributed by atoms with E-state index in [0.29, 0.717) is 0 Å². The number of anilines is 3. The Hall–Kier alpha value is -6.64. The quantitative estimate of drug-likeness (QED) is 0.173. The third-order valence-electron chi connectivity index (χ3n) is 9.52. The minimum Gasteiger partial charge on any atom is -0.455 e. The molecule has 0 radical (unpaired) electrons. The maximum atomic E-state index is 6.34. The van der Waals surface area contributed by atoms with Gasteiger partial charge >= 0.3 is 0 Å². The molecule has 0 N–H and O–H groups in total. The van der Waals surface area contributed by atoms with Crippen molar-refractivity contribution in [3.05, 3.63) is 200 Å². The van der Waals surface area contributed by atoms with E-state index in [1.165, 1.54) is 33.4 Å². The molecule has 0 amide bonds. The molecule has 1 aromatic heterocycles. The van der Waals surface area contributed by atoms with Crippen molar-refractivity contribution in [1.82, 2.24) is 0 Å². The van der Waals surface area contributed by atoms with E-state index < -0.39 is 0 Å². The zero-order valence-electron chi connectivity index (χ0n) is 27.4. The van der Waals surface area contributed by atoms with Crippen molar-refractivity contribution in [2.75, 3.05) is 4.90 Å². The van der Waals surface area contributed by atoms with Gasteiger partial charge in [-0.1, -0.05) is 158 Å². The topological polar surface area (TPSA) is 16.4 Å². The fourth-order valence-electron chi connectivity index (χ4n) is 6.93. The first-order valence-corrected chi connectivity index (χ1v) is 17.0. The smallest absolute Gasteiger partial charge is 0.143 e. The summed E-state index contributed by atoms with van der Waals surface area (Å²) < 4.78 is 6.34. The lowest BCUT2D eigenvalue weighted by atomic mass is 9.98. The van der Waals surface area contributed by atoms with Gasteiger partial charge in [-0.15, -0.1) is 0 Å². The van der Waals surface area contributed by atoms with Crippen LogP contribution in [0.15, 0.2) is 205 Å². The predicted octanol–water partition coefficient (Wildman–Crippen LogP) is 13.7. The van der Waals surface area contributed by atoms with Gasteiger partial charge in [0.25, 0.3) is 0 Å². The predicted molar refractivity (Wildman–Crippen MR) is 210 cm³/mol. The summed E-state index contributed by atoms with van der Waals surface area (Å²) in [5, 5.41) is 2.28. The summed E-state index contributed by atoms with van der Waals surface area (Å²) in [5.74, 6) is 0. The van der Waals surface area contributed by atoms with Crippen molar-refractivity contribution in [3.8, 4) is 44.5 Å². The Labute approximate surface area is 292 Å². The first kappa shape index (κ1) is 29.5. The van der Waals surface area contributed by atoms with Crippen LogP contribution < -0.4 is 4.90 Å². The molecule has 0 fully saturated rings. The Bertz CT molecular complexity index is 2530. The van der Waals surface area contributed by atoms with Crippen LogP contribution in [0.1, 0.15) is 0 Å². The molecule has 9 rings (SSSR count). The molecule has 9 aromatic rings. The Morgan fingerprint density at radius 2 is 0.680 bits per heavy atom. The van der Waals surface area contributed by atoms with Crippen LogP contribution in [0.3, 0.4) is 0 Å². The molecule has 0 saturated carbocycles. The van der Waals surface area contributed by atoms with Crippen LogP contribution in [-0.4, -0.2) is 0 Å². The van der Waals surface area contributed by atoms with Crippen molar-refractivity contribution < 1.29 is 4.42 Å². The molecule has 0 aliphatic heterocycles. The van der Waals surface area contributed by atoms with Crippen molar-refractivity contribution >= 4 is 39.0 Å². The van der Waals surface area contributed by atoms with Gasteiger partial charge in [0.2, 0.25) is 0 Å². The number of nitrogens with zero attached hydrogens (tertiary/aromatic N) is 1. The summed E-state index contributed by atoms with van der Waals surface area (Å²) >= 11 is 0. The van der Waals surface area contributed by atoms with Gasteiger partial charge < -0.3 is 9.32 Å². The van der Waals surface area contributed by atoms with Crippen molar-refractivity contribution in [2.24, 2.45) is 0 Å². The standard InChI is InChI=1S/C48H33NO/c1-3-10-34(11-4-1)35-18-20-36(21-19-35)37-22-24-38(25-23-37)39-26-30-42(31-27-39)49(41-12-5-2-6-13-41)43-32-28-40(29-33-43)44-15-9-16-46-45-14-7-8-17-47(45)50-48(44)46/h1-33H. The monoisotopic (exact) mass is 639 g/mol. The number of benzene rings is 8. The fourth-order valence-corrected chi connectivity index (χ4v) is 6.93. The lowest BCUT2D eigenvalue weighted by Gasteiger charge is -2.26. The van der Waals surface area contributed by atoms with Gasteiger partial charge in [-0.2, -0.15) is 0 Å². The van der Waals surface area contributed by atoms with Gasteiger partial charge in [-0.25, -0.2) is 0 Å². The second kappa shape index (κ2) is 12.8. The van der Waals surface area contributed by atoms with E-state index in [9.17, 15) is 0 Å². The van der Waals surface area contributed by atoms with E-state index in [2.05, 4.69) is 193 Å². The van der Waals surface area contributed by atoms with Crippen LogP contribution in [0.5, 0.6) is 0 Å². The molecular formula is C48H33NO. The molecule has 2 heteroatoms. The Morgan fingerprint density at radius 3 is 1.24 bits per heavy atom. The summed E-state index contributed by atoms with van der Waals surface area (Å²) in [6, 6.07) is 71.0. The van der Waals surface area contributed by atoms with Gasteiger partial charge in [0.05, 0.1) is 0 Å². The minimum absolute atomic E-state index is 0.912. The molecule has 0 unspecified atom stereocenters. The first-order valence-electron chi connectivity index (χ1n) is 17.0. The third-order valence-corrected chi connectivity index (χ3v) is 9.52. The highest BCUT2D eigenvalue weighted by atomic mass is 16.3. The van der Waals surface area contributed by atoms with E-state index >= 15 is 0 Å². The van der Waals surface area contributed by atoms with Crippen LogP contribution in [0.2, 0.25) is 0 Å². The van der Waals surface area contributed by atoms with E-state index in [4.69, 9.17) is 4.42 Å². The number of hydrogen-bond acceptors (Lipinski definition) is 2. The van der Waals surface area contributed by atoms with Gasteiger partial charge in [-0.05, 0) is 81.4 Å². The van der Waals surface area contributed by atoms with Crippen molar-refractivity contribution in [3.63, 3.8) is 0 Å². The van der Waals surface area contributed by atoms with Crippen molar-refractivity contribution in [1.29, 1.82) is 0 Å². The third kappa shape index (κ3) is 5.53. The molecule has 8 aromatic carbocycles. The SMILES string of the molecule is c1ccc(-c2ccc(-c3ccc(-c4ccc(N(c5ccccc5)c5ccc(-c6cccc7c6oc6ccccc67)cc5)cc4)cc3)cc2)cc1. The van der Waals surface area contributed by atoms with Crippen LogP contribution in [0.4, 0.5) is 17.1 Å². The number of para-hydroxylation sites is 3. The van der Waals surface area contributed by atoms with Gasteiger partial charge in [0.15, 0.2) is 0 Å². The van der Waals surface area contributed by atoms with Crippen LogP contribution in [0.25, 0.3) is 66.4 Å². The molecule has 0 bridgehead atoms. The summed E-state index contributed by atoms with van der Waals surface area (Å²) in [4.78, 5) is 2.30. The number of rotatable bonds is 7. The zero-order valence-corrected chi connectivity index (χ0v) is 27.4. The summed E-state index contributed by atoms with van der Waals surface area (Å²) in [6.45, 7) is 0. The Morgan fingerprint density at radius 1 is 0.280 bits per heavy atom. The lowest BCUT2D eigenvalue weighted by Crippen LogP contribution is -2.09. The summed E-state index contributed by atoms with van der Waals surface area (Å²) in [5.41, 5.74) is 14.6. The second-order valence-corrected chi connectivity index (χ2v) is 12.6. The molecule has 2 nitrogen and oxygen atoms in total. The molecule has 1 heterocycles. The zero-order chi connectivity index (χ0) is 33.3. The van der Waals surface area contributed by atoms with Crippen LogP contribution in [-0.2, 0) is 0 Å². The highest BCUT2D eigenvalue weighted by molar-refractivity contribution is 6.09. The maximum Gasteiger partial charge on any atom is 0.143 e.